The predicted molar refractivity (Wildman–Crippen MR) is 95.6 cm³/mol. The van der Waals surface area contributed by atoms with Gasteiger partial charge in [-0.05, 0) is 36.8 Å². The van der Waals surface area contributed by atoms with Crippen LogP contribution in [0.2, 0.25) is 0 Å². The van der Waals surface area contributed by atoms with Crippen molar-refractivity contribution in [2.75, 3.05) is 25.0 Å². The second-order valence-corrected chi connectivity index (χ2v) is 6.22. The van der Waals surface area contributed by atoms with Crippen LogP contribution < -0.4 is 10.2 Å². The topological polar surface area (TPSA) is 59.8 Å². The number of hydrogen-bond acceptors (Lipinski definition) is 3. The van der Waals surface area contributed by atoms with Crippen LogP contribution in [0.25, 0.3) is 0 Å². The van der Waals surface area contributed by atoms with Crippen LogP contribution >= 0.6 is 0 Å². The highest BCUT2D eigenvalue weighted by molar-refractivity contribution is 5.93. The minimum Gasteiger partial charge on any atom is -0.462 e. The molecular formula is C20H23N2O3+. The van der Waals surface area contributed by atoms with Crippen LogP contribution in [0.3, 0.4) is 0 Å². The van der Waals surface area contributed by atoms with Gasteiger partial charge >= 0.3 is 5.97 Å². The van der Waals surface area contributed by atoms with Gasteiger partial charge in [-0.2, -0.15) is 0 Å². The van der Waals surface area contributed by atoms with Crippen molar-refractivity contribution in [3.8, 4) is 0 Å². The van der Waals surface area contributed by atoms with Crippen LogP contribution in [0, 0.1) is 0 Å². The van der Waals surface area contributed by atoms with Crippen LogP contribution in [-0.2, 0) is 22.5 Å². The van der Waals surface area contributed by atoms with E-state index in [4.69, 9.17) is 4.74 Å². The Morgan fingerprint density at radius 2 is 1.80 bits per heavy atom. The molecule has 5 nitrogen and oxygen atoms in total. The lowest BCUT2D eigenvalue weighted by Gasteiger charge is -2.25. The average Bonchev–Trinajstić information content (AvgIpc) is 2.62. The van der Waals surface area contributed by atoms with Crippen LogP contribution in [0.1, 0.15) is 28.4 Å². The Labute approximate surface area is 147 Å². The number of nitrogens with one attached hydrogen (secondary N) is 2. The van der Waals surface area contributed by atoms with Crippen molar-refractivity contribution < 1.29 is 19.2 Å². The van der Waals surface area contributed by atoms with Gasteiger partial charge in [0.05, 0.1) is 18.7 Å². The van der Waals surface area contributed by atoms with Gasteiger partial charge in [0.2, 0.25) is 0 Å². The largest absolute Gasteiger partial charge is 0.462 e. The fourth-order valence-electron chi connectivity index (χ4n) is 3.13. The third-order valence-corrected chi connectivity index (χ3v) is 4.40. The third kappa shape index (κ3) is 4.45. The van der Waals surface area contributed by atoms with Crippen molar-refractivity contribution in [2.45, 2.75) is 19.9 Å². The number of anilines is 1. The second kappa shape index (κ2) is 7.94. The summed E-state index contributed by atoms with van der Waals surface area (Å²) < 4.78 is 4.95. The molecule has 1 atom stereocenters. The zero-order valence-electron chi connectivity index (χ0n) is 14.4. The van der Waals surface area contributed by atoms with Crippen molar-refractivity contribution in [1.29, 1.82) is 0 Å². The van der Waals surface area contributed by atoms with E-state index in [9.17, 15) is 9.59 Å². The monoisotopic (exact) mass is 339 g/mol. The molecule has 0 aromatic heterocycles. The number of rotatable bonds is 5. The first-order valence-corrected chi connectivity index (χ1v) is 8.63. The molecule has 25 heavy (non-hydrogen) atoms. The lowest BCUT2D eigenvalue weighted by Crippen LogP contribution is -3.12. The summed E-state index contributed by atoms with van der Waals surface area (Å²) in [6, 6.07) is 15.2. The molecule has 0 spiro atoms. The fraction of sp³-hybridized carbons (Fsp3) is 0.300. The maximum absolute atomic E-state index is 12.3. The van der Waals surface area contributed by atoms with E-state index in [2.05, 4.69) is 23.5 Å². The molecule has 2 N–H and O–H groups in total. The van der Waals surface area contributed by atoms with Gasteiger partial charge in [-0.3, -0.25) is 4.79 Å². The van der Waals surface area contributed by atoms with Gasteiger partial charge in [0.1, 0.15) is 6.54 Å². The zero-order chi connectivity index (χ0) is 17.6. The van der Waals surface area contributed by atoms with E-state index >= 15 is 0 Å². The maximum Gasteiger partial charge on any atom is 0.338 e. The second-order valence-electron chi connectivity index (χ2n) is 6.22. The first-order chi connectivity index (χ1) is 12.2. The molecule has 130 valence electrons. The van der Waals surface area contributed by atoms with Crippen LogP contribution in [0.4, 0.5) is 5.69 Å². The SMILES string of the molecule is CCOC(=O)c1ccc(NC(=O)C[NH+]2CCc3ccccc3C2)cc1. The van der Waals surface area contributed by atoms with E-state index in [1.807, 2.05) is 6.07 Å². The standard InChI is InChI=1S/C20H22N2O3/c1-2-25-20(24)16-7-9-18(10-8-16)21-19(23)14-22-12-11-15-5-3-4-6-17(15)13-22/h3-10H,2,11-14H2,1H3,(H,21,23)/p+1. The highest BCUT2D eigenvalue weighted by Crippen LogP contribution is 2.11. The molecule has 0 radical (unpaired) electrons. The number of ether oxygens (including phenoxy) is 1. The van der Waals surface area contributed by atoms with Gasteiger partial charge in [0.15, 0.2) is 6.54 Å². The van der Waals surface area contributed by atoms with E-state index < -0.39 is 0 Å². The molecule has 0 saturated carbocycles. The Balaban J connectivity index is 1.54. The van der Waals surface area contributed by atoms with Gasteiger partial charge in [-0.25, -0.2) is 4.79 Å². The predicted octanol–water partition coefficient (Wildman–Crippen LogP) is 1.44. The number of quaternary nitrogens is 1. The number of fused-ring (bicyclic) bond motifs is 1. The quantitative estimate of drug-likeness (QED) is 0.811. The van der Waals surface area contributed by atoms with Crippen LogP contribution in [0.15, 0.2) is 48.5 Å². The van der Waals surface area contributed by atoms with Crippen molar-refractivity contribution in [2.24, 2.45) is 0 Å². The molecule has 0 aliphatic carbocycles. The van der Waals surface area contributed by atoms with Gasteiger partial charge in [-0.1, -0.05) is 24.3 Å². The van der Waals surface area contributed by atoms with Crippen molar-refractivity contribution in [3.63, 3.8) is 0 Å². The lowest BCUT2D eigenvalue weighted by atomic mass is 10.00. The summed E-state index contributed by atoms with van der Waals surface area (Å²) in [6.07, 6.45) is 1.01. The number of carbonyl (C=O) groups excluding carboxylic acids is 2. The molecule has 1 heterocycles. The highest BCUT2D eigenvalue weighted by Gasteiger charge is 2.21. The van der Waals surface area contributed by atoms with Crippen molar-refractivity contribution in [3.05, 3.63) is 65.2 Å². The Morgan fingerprint density at radius 1 is 1.08 bits per heavy atom. The summed E-state index contributed by atoms with van der Waals surface area (Å²) in [4.78, 5) is 25.2. The van der Waals surface area contributed by atoms with Gasteiger partial charge in [-0.15, -0.1) is 0 Å². The number of hydrogen-bond donors (Lipinski definition) is 2. The Hall–Kier alpha value is -2.66. The molecule has 1 aliphatic heterocycles. The molecule has 1 amide bonds. The van der Waals surface area contributed by atoms with E-state index in [0.717, 1.165) is 19.5 Å². The highest BCUT2D eigenvalue weighted by atomic mass is 16.5. The Bertz CT molecular complexity index is 756. The molecule has 0 saturated heterocycles. The summed E-state index contributed by atoms with van der Waals surface area (Å²) in [6.45, 7) is 4.40. The number of benzene rings is 2. The summed E-state index contributed by atoms with van der Waals surface area (Å²) >= 11 is 0. The van der Waals surface area contributed by atoms with E-state index in [1.54, 1.807) is 31.2 Å². The van der Waals surface area contributed by atoms with Crippen LogP contribution in [-0.4, -0.2) is 31.6 Å². The van der Waals surface area contributed by atoms with Crippen molar-refractivity contribution in [1.82, 2.24) is 0 Å². The Kier molecular flexibility index (Phi) is 5.46. The zero-order valence-corrected chi connectivity index (χ0v) is 14.4. The average molecular weight is 339 g/mol. The first-order valence-electron chi connectivity index (χ1n) is 8.63. The van der Waals surface area contributed by atoms with E-state index in [-0.39, 0.29) is 11.9 Å². The summed E-state index contributed by atoms with van der Waals surface area (Å²) in [7, 11) is 0. The number of esters is 1. The minimum atomic E-state index is -0.350. The van der Waals surface area contributed by atoms with E-state index in [0.29, 0.717) is 24.4 Å². The molecular weight excluding hydrogens is 316 g/mol. The third-order valence-electron chi connectivity index (χ3n) is 4.40. The minimum absolute atomic E-state index is 0.0155. The molecule has 1 unspecified atom stereocenters. The molecule has 2 aromatic carbocycles. The fourth-order valence-corrected chi connectivity index (χ4v) is 3.13. The smallest absolute Gasteiger partial charge is 0.338 e. The lowest BCUT2D eigenvalue weighted by molar-refractivity contribution is -0.907. The van der Waals surface area contributed by atoms with Gasteiger partial charge in [0.25, 0.3) is 5.91 Å². The molecule has 2 aromatic rings. The molecule has 5 heteroatoms. The Morgan fingerprint density at radius 3 is 2.52 bits per heavy atom. The first kappa shape index (κ1) is 17.2. The summed E-state index contributed by atoms with van der Waals surface area (Å²) in [5, 5.41) is 2.90. The molecule has 0 bridgehead atoms. The van der Waals surface area contributed by atoms with Crippen molar-refractivity contribution >= 4 is 17.6 Å². The number of amides is 1. The van der Waals surface area contributed by atoms with Gasteiger partial charge < -0.3 is 15.0 Å². The maximum atomic E-state index is 12.3. The van der Waals surface area contributed by atoms with Crippen LogP contribution in [0.5, 0.6) is 0 Å². The summed E-state index contributed by atoms with van der Waals surface area (Å²) in [5.74, 6) is -0.366. The van der Waals surface area contributed by atoms with E-state index in [1.165, 1.54) is 16.0 Å². The number of carbonyl (C=O) groups is 2. The molecule has 0 fully saturated rings. The molecule has 3 rings (SSSR count). The normalized spacial score (nSPS) is 16.0. The molecule has 1 aliphatic rings. The summed E-state index contributed by atoms with van der Waals surface area (Å²) in [5.41, 5.74) is 3.89. The van der Waals surface area contributed by atoms with Gasteiger partial charge in [0, 0.05) is 17.7 Å².